The van der Waals surface area contributed by atoms with Crippen molar-refractivity contribution < 1.29 is 23.1 Å². The van der Waals surface area contributed by atoms with E-state index in [1.807, 2.05) is 54.6 Å². The molecule has 1 aromatic heterocycles. The summed E-state index contributed by atoms with van der Waals surface area (Å²) in [5.41, 5.74) is 2.83. The number of hydrogen-bond acceptors (Lipinski definition) is 6. The first-order valence-corrected chi connectivity index (χ1v) is 12.5. The number of ether oxygens (including phenoxy) is 1. The number of carbonyl (C=O) groups excluding carboxylic acids is 1. The van der Waals surface area contributed by atoms with Gasteiger partial charge in [0.25, 0.3) is 10.0 Å². The number of aliphatic hydroxyl groups is 1. The van der Waals surface area contributed by atoms with Gasteiger partial charge in [-0.25, -0.2) is 18.1 Å². The number of carbonyl (C=O) groups is 1. The van der Waals surface area contributed by atoms with Gasteiger partial charge in [0.05, 0.1) is 37.6 Å². The predicted molar refractivity (Wildman–Crippen MR) is 127 cm³/mol. The Kier molecular flexibility index (Phi) is 7.42. The van der Waals surface area contributed by atoms with Gasteiger partial charge in [0.1, 0.15) is 0 Å². The maximum atomic E-state index is 12.6. The molecule has 1 amide bonds. The summed E-state index contributed by atoms with van der Waals surface area (Å²) in [4.78, 5) is 16.4. The van der Waals surface area contributed by atoms with Gasteiger partial charge in [-0.15, -0.1) is 0 Å². The van der Waals surface area contributed by atoms with Crippen LogP contribution >= 0.6 is 0 Å². The molecule has 4 rings (SSSR count). The fourth-order valence-electron chi connectivity index (χ4n) is 4.00. The van der Waals surface area contributed by atoms with Crippen LogP contribution in [-0.4, -0.2) is 53.8 Å². The number of aryl methyl sites for hydroxylation is 1. The second-order valence-electron chi connectivity index (χ2n) is 8.36. The van der Waals surface area contributed by atoms with Crippen molar-refractivity contribution in [2.24, 2.45) is 7.05 Å². The van der Waals surface area contributed by atoms with Gasteiger partial charge in [-0.3, -0.25) is 4.79 Å². The van der Waals surface area contributed by atoms with Gasteiger partial charge in [0.15, 0.2) is 5.03 Å². The van der Waals surface area contributed by atoms with Crippen LogP contribution in [0.15, 0.2) is 72.1 Å². The summed E-state index contributed by atoms with van der Waals surface area (Å²) < 4.78 is 35.1. The second-order valence-corrected chi connectivity index (χ2v) is 10.0. The van der Waals surface area contributed by atoms with Crippen molar-refractivity contribution in [1.82, 2.24) is 14.3 Å². The van der Waals surface area contributed by atoms with E-state index < -0.39 is 28.3 Å². The van der Waals surface area contributed by atoms with Crippen molar-refractivity contribution in [2.45, 2.75) is 42.5 Å². The number of sulfonamides is 1. The highest BCUT2D eigenvalue weighted by molar-refractivity contribution is 7.89. The Morgan fingerprint density at radius 1 is 1.12 bits per heavy atom. The molecule has 0 aliphatic carbocycles. The molecule has 10 heteroatoms. The van der Waals surface area contributed by atoms with Crippen molar-refractivity contribution in [3.8, 4) is 11.1 Å². The molecule has 1 saturated heterocycles. The van der Waals surface area contributed by atoms with Crippen LogP contribution in [0.1, 0.15) is 19.3 Å². The number of amides is 1. The molecule has 2 heterocycles. The fraction of sp³-hybridized carbons (Fsp3) is 0.333. The topological polar surface area (TPSA) is 123 Å². The van der Waals surface area contributed by atoms with Crippen molar-refractivity contribution in [1.29, 1.82) is 0 Å². The maximum absolute atomic E-state index is 12.6. The third kappa shape index (κ3) is 5.89. The van der Waals surface area contributed by atoms with Gasteiger partial charge in [0, 0.05) is 18.9 Å². The average molecular weight is 485 g/mol. The minimum Gasteiger partial charge on any atom is -0.394 e. The molecular weight excluding hydrogens is 456 g/mol. The van der Waals surface area contributed by atoms with Crippen molar-refractivity contribution >= 4 is 21.6 Å². The molecule has 0 bridgehead atoms. The van der Waals surface area contributed by atoms with Crippen LogP contribution in [-0.2, 0) is 26.6 Å². The van der Waals surface area contributed by atoms with E-state index in [0.29, 0.717) is 18.5 Å². The molecule has 1 aliphatic heterocycles. The summed E-state index contributed by atoms with van der Waals surface area (Å²) in [6, 6.07) is 16.9. The molecule has 0 spiro atoms. The van der Waals surface area contributed by atoms with Crippen LogP contribution in [0.25, 0.3) is 11.1 Å². The van der Waals surface area contributed by atoms with Gasteiger partial charge in [-0.2, -0.15) is 0 Å². The van der Waals surface area contributed by atoms with Crippen LogP contribution in [0.2, 0.25) is 0 Å². The molecule has 180 valence electrons. The van der Waals surface area contributed by atoms with E-state index in [1.165, 1.54) is 12.5 Å². The molecular formula is C24H28N4O5S. The Bertz CT molecular complexity index is 1210. The normalized spacial score (nSPS) is 20.7. The molecule has 3 atom stereocenters. The van der Waals surface area contributed by atoms with Gasteiger partial charge in [-0.05, 0) is 36.1 Å². The predicted octanol–water partition coefficient (Wildman–Crippen LogP) is 2.30. The van der Waals surface area contributed by atoms with E-state index in [2.05, 4.69) is 15.0 Å². The summed E-state index contributed by atoms with van der Waals surface area (Å²) in [7, 11) is -2.16. The molecule has 0 unspecified atom stereocenters. The number of imidazole rings is 1. The zero-order chi connectivity index (χ0) is 24.1. The largest absolute Gasteiger partial charge is 0.394 e. The Morgan fingerprint density at radius 3 is 2.47 bits per heavy atom. The lowest BCUT2D eigenvalue weighted by atomic mass is 9.98. The monoisotopic (exact) mass is 484 g/mol. The molecule has 1 fully saturated rings. The number of benzene rings is 2. The minimum absolute atomic E-state index is 0.0912. The summed E-state index contributed by atoms with van der Waals surface area (Å²) in [5.74, 6) is -0.207. The van der Waals surface area contributed by atoms with E-state index in [9.17, 15) is 18.3 Å². The van der Waals surface area contributed by atoms with Gasteiger partial charge in [-0.1, -0.05) is 42.5 Å². The maximum Gasteiger partial charge on any atom is 0.259 e. The lowest BCUT2D eigenvalue weighted by Gasteiger charge is -2.35. The second kappa shape index (κ2) is 10.5. The Hall–Kier alpha value is -3.05. The lowest BCUT2D eigenvalue weighted by molar-refractivity contribution is -0.126. The Morgan fingerprint density at radius 2 is 1.82 bits per heavy atom. The number of nitrogens with one attached hydrogen (secondary N) is 2. The highest BCUT2D eigenvalue weighted by atomic mass is 32.2. The number of aromatic nitrogens is 2. The van der Waals surface area contributed by atoms with Crippen LogP contribution in [0.5, 0.6) is 0 Å². The van der Waals surface area contributed by atoms with Crippen LogP contribution in [0, 0.1) is 0 Å². The Balaban J connectivity index is 1.31. The zero-order valence-corrected chi connectivity index (χ0v) is 19.6. The summed E-state index contributed by atoms with van der Waals surface area (Å²) in [6.45, 7) is -0.367. The van der Waals surface area contributed by atoms with Gasteiger partial charge >= 0.3 is 0 Å². The molecule has 0 radical (unpaired) electrons. The van der Waals surface area contributed by atoms with E-state index >= 15 is 0 Å². The van der Waals surface area contributed by atoms with Gasteiger partial charge in [0.2, 0.25) is 5.91 Å². The number of rotatable bonds is 8. The fourth-order valence-corrected chi connectivity index (χ4v) is 5.28. The SMILES string of the molecule is Cn1cnc(S(=O)(=O)N[C@@H]2CC[C@@H](CC(=O)Nc3ccc(-c4ccccc4)cc3)O[C@@H]2CO)c1. The Labute approximate surface area is 198 Å². The molecule has 2 aromatic carbocycles. The number of anilines is 1. The first-order valence-electron chi connectivity index (χ1n) is 11.1. The van der Waals surface area contributed by atoms with Crippen LogP contribution in [0.4, 0.5) is 5.69 Å². The summed E-state index contributed by atoms with van der Waals surface area (Å²) in [6.07, 6.45) is 2.65. The lowest BCUT2D eigenvalue weighted by Crippen LogP contribution is -2.51. The van der Waals surface area contributed by atoms with E-state index in [-0.39, 0.29) is 24.0 Å². The molecule has 3 aromatic rings. The summed E-state index contributed by atoms with van der Waals surface area (Å²) >= 11 is 0. The molecule has 9 nitrogen and oxygen atoms in total. The number of aliphatic hydroxyl groups excluding tert-OH is 1. The molecule has 0 saturated carbocycles. The number of nitrogens with zero attached hydrogens (tertiary/aromatic N) is 2. The van der Waals surface area contributed by atoms with Crippen LogP contribution < -0.4 is 10.0 Å². The van der Waals surface area contributed by atoms with Crippen LogP contribution in [0.3, 0.4) is 0 Å². The highest BCUT2D eigenvalue weighted by Gasteiger charge is 2.35. The van der Waals surface area contributed by atoms with Gasteiger partial charge < -0.3 is 19.7 Å². The number of hydrogen-bond donors (Lipinski definition) is 3. The highest BCUT2D eigenvalue weighted by Crippen LogP contribution is 2.25. The first-order chi connectivity index (χ1) is 16.3. The van der Waals surface area contributed by atoms with Crippen molar-refractivity contribution in [2.75, 3.05) is 11.9 Å². The van der Waals surface area contributed by atoms with E-state index in [1.54, 1.807) is 11.6 Å². The standard InChI is InChI=1S/C24H28N4O5S/c1-28-14-24(25-16-28)34(31,32)27-21-12-11-20(33-22(21)15-29)13-23(30)26-19-9-7-18(8-10-19)17-5-3-2-4-6-17/h2-10,14,16,20-22,27,29H,11-13,15H2,1H3,(H,26,30)/t20-,21+,22+/m0/s1. The van der Waals surface area contributed by atoms with E-state index in [0.717, 1.165) is 11.1 Å². The average Bonchev–Trinajstić information content (AvgIpc) is 3.28. The third-order valence-corrected chi connectivity index (χ3v) is 7.12. The molecule has 34 heavy (non-hydrogen) atoms. The first kappa shape index (κ1) is 24.1. The quantitative estimate of drug-likeness (QED) is 0.451. The smallest absolute Gasteiger partial charge is 0.259 e. The minimum atomic E-state index is -3.84. The van der Waals surface area contributed by atoms with Crippen molar-refractivity contribution in [3.63, 3.8) is 0 Å². The third-order valence-electron chi connectivity index (χ3n) is 5.75. The zero-order valence-electron chi connectivity index (χ0n) is 18.8. The summed E-state index contributed by atoms with van der Waals surface area (Å²) in [5, 5.41) is 12.5. The van der Waals surface area contributed by atoms with Crippen molar-refractivity contribution in [3.05, 3.63) is 67.1 Å². The molecule has 1 aliphatic rings. The molecule has 3 N–H and O–H groups in total. The van der Waals surface area contributed by atoms with E-state index in [4.69, 9.17) is 4.74 Å².